The molecule has 0 spiro atoms. The van der Waals surface area contributed by atoms with Gasteiger partial charge in [0.05, 0.1) is 5.00 Å². The van der Waals surface area contributed by atoms with Gasteiger partial charge < -0.3 is 5.73 Å². The van der Waals surface area contributed by atoms with Gasteiger partial charge >= 0.3 is 0 Å². The Morgan fingerprint density at radius 1 is 1.31 bits per heavy atom. The highest BCUT2D eigenvalue weighted by Crippen LogP contribution is 2.36. The van der Waals surface area contributed by atoms with Gasteiger partial charge in [0.1, 0.15) is 4.34 Å². The summed E-state index contributed by atoms with van der Waals surface area (Å²) in [4.78, 5) is 3.94. The van der Waals surface area contributed by atoms with Gasteiger partial charge in [-0.2, -0.15) is 0 Å². The molecule has 0 aliphatic rings. The minimum Gasteiger partial charge on any atom is -0.391 e. The van der Waals surface area contributed by atoms with Crippen molar-refractivity contribution >= 4 is 27.9 Å². The molecule has 0 bridgehead atoms. The predicted molar refractivity (Wildman–Crippen MR) is 57.0 cm³/mol. The number of rotatable bonds is 1. The number of halogens is 1. The summed E-state index contributed by atoms with van der Waals surface area (Å²) >= 11 is 7.38. The molecule has 2 heterocycles. The molecule has 0 atom stereocenters. The Morgan fingerprint density at radius 2 is 2.00 bits per heavy atom. The van der Waals surface area contributed by atoms with Gasteiger partial charge in [-0.1, -0.05) is 11.6 Å². The maximum atomic E-state index is 6.00. The molecule has 0 saturated carbocycles. The number of pyridine rings is 1. The molecule has 66 valence electrons. The quantitative estimate of drug-likeness (QED) is 0.786. The highest BCUT2D eigenvalue weighted by atomic mass is 35.5. The third kappa shape index (κ3) is 1.66. The van der Waals surface area contributed by atoms with Gasteiger partial charge in [-0.3, -0.25) is 4.98 Å². The van der Waals surface area contributed by atoms with Crippen LogP contribution in [-0.2, 0) is 0 Å². The molecule has 13 heavy (non-hydrogen) atoms. The molecule has 4 heteroatoms. The molecular weight excluding hydrogens is 204 g/mol. The van der Waals surface area contributed by atoms with E-state index < -0.39 is 0 Å². The monoisotopic (exact) mass is 210 g/mol. The van der Waals surface area contributed by atoms with Crippen LogP contribution in [0, 0.1) is 0 Å². The number of nitrogens with two attached hydrogens (primary N) is 1. The molecular formula is C9H7ClN2S. The highest BCUT2D eigenvalue weighted by molar-refractivity contribution is 7.20. The topological polar surface area (TPSA) is 38.9 Å². The van der Waals surface area contributed by atoms with Crippen LogP contribution < -0.4 is 5.73 Å². The molecule has 2 nitrogen and oxygen atoms in total. The number of nitrogen functional groups attached to an aromatic ring is 1. The number of aromatic nitrogens is 1. The fourth-order valence-corrected chi connectivity index (χ4v) is 2.22. The molecule has 0 fully saturated rings. The molecule has 2 rings (SSSR count). The summed E-state index contributed by atoms with van der Waals surface area (Å²) in [5.41, 5.74) is 7.66. The van der Waals surface area contributed by atoms with E-state index in [4.69, 9.17) is 17.3 Å². The van der Waals surface area contributed by atoms with Gasteiger partial charge in [0.25, 0.3) is 0 Å². The Hall–Kier alpha value is -1.06. The molecule has 2 aromatic rings. The van der Waals surface area contributed by atoms with Crippen molar-refractivity contribution in [3.05, 3.63) is 34.9 Å². The summed E-state index contributed by atoms with van der Waals surface area (Å²) in [5.74, 6) is 0. The molecule has 2 N–H and O–H groups in total. The summed E-state index contributed by atoms with van der Waals surface area (Å²) in [6.45, 7) is 0. The summed E-state index contributed by atoms with van der Waals surface area (Å²) < 4.78 is 0.726. The first kappa shape index (κ1) is 8.53. The number of nitrogens with zero attached hydrogens (tertiary/aromatic N) is 1. The largest absolute Gasteiger partial charge is 0.391 e. The van der Waals surface area contributed by atoms with Crippen molar-refractivity contribution in [1.29, 1.82) is 0 Å². The molecule has 2 aromatic heterocycles. The van der Waals surface area contributed by atoms with Crippen LogP contribution in [0.2, 0.25) is 4.34 Å². The zero-order valence-corrected chi connectivity index (χ0v) is 8.27. The second kappa shape index (κ2) is 3.36. The van der Waals surface area contributed by atoms with Crippen LogP contribution in [-0.4, -0.2) is 4.98 Å². The average Bonchev–Trinajstić information content (AvgIpc) is 2.47. The van der Waals surface area contributed by atoms with E-state index in [0.717, 1.165) is 20.5 Å². The first-order valence-electron chi connectivity index (χ1n) is 3.72. The lowest BCUT2D eigenvalue weighted by atomic mass is 10.1. The minimum atomic E-state index is 0.726. The van der Waals surface area contributed by atoms with Crippen LogP contribution in [0.15, 0.2) is 30.6 Å². The Kier molecular flexibility index (Phi) is 2.20. The van der Waals surface area contributed by atoms with E-state index in [2.05, 4.69) is 4.98 Å². The van der Waals surface area contributed by atoms with E-state index in [1.807, 2.05) is 18.2 Å². The van der Waals surface area contributed by atoms with Gasteiger partial charge in [-0.15, -0.1) is 11.3 Å². The van der Waals surface area contributed by atoms with Crippen molar-refractivity contribution in [1.82, 2.24) is 4.98 Å². The SMILES string of the molecule is Nc1cc(-c2ccncc2)c(Cl)s1. The second-order valence-corrected chi connectivity index (χ2v) is 4.26. The van der Waals surface area contributed by atoms with Crippen LogP contribution in [0.4, 0.5) is 5.00 Å². The van der Waals surface area contributed by atoms with Crippen LogP contribution >= 0.6 is 22.9 Å². The predicted octanol–water partition coefficient (Wildman–Crippen LogP) is 3.05. The number of anilines is 1. The first-order chi connectivity index (χ1) is 6.27. The summed E-state index contributed by atoms with van der Waals surface area (Å²) in [6.07, 6.45) is 3.47. The maximum Gasteiger partial charge on any atom is 0.103 e. The van der Waals surface area contributed by atoms with Crippen LogP contribution in [0.3, 0.4) is 0 Å². The fourth-order valence-electron chi connectivity index (χ4n) is 1.12. The zero-order valence-electron chi connectivity index (χ0n) is 6.70. The number of thiophene rings is 1. The van der Waals surface area contributed by atoms with Gasteiger partial charge in [0.15, 0.2) is 0 Å². The number of hydrogen-bond acceptors (Lipinski definition) is 3. The van der Waals surface area contributed by atoms with Gasteiger partial charge in [-0.05, 0) is 23.8 Å². The molecule has 0 aliphatic heterocycles. The zero-order chi connectivity index (χ0) is 9.26. The van der Waals surface area contributed by atoms with Gasteiger partial charge in [0, 0.05) is 18.0 Å². The lowest BCUT2D eigenvalue weighted by molar-refractivity contribution is 1.33. The van der Waals surface area contributed by atoms with Gasteiger partial charge in [0.2, 0.25) is 0 Å². The van der Waals surface area contributed by atoms with Crippen LogP contribution in [0.25, 0.3) is 11.1 Å². The van der Waals surface area contributed by atoms with E-state index >= 15 is 0 Å². The van der Waals surface area contributed by atoms with Gasteiger partial charge in [-0.25, -0.2) is 0 Å². The number of hydrogen-bond donors (Lipinski definition) is 1. The van der Waals surface area contributed by atoms with E-state index in [-0.39, 0.29) is 0 Å². The van der Waals surface area contributed by atoms with Crippen molar-refractivity contribution < 1.29 is 0 Å². The molecule has 0 aliphatic carbocycles. The van der Waals surface area contributed by atoms with Crippen molar-refractivity contribution in [3.63, 3.8) is 0 Å². The Bertz CT molecular complexity index is 411. The summed E-state index contributed by atoms with van der Waals surface area (Å²) in [6, 6.07) is 5.70. The maximum absolute atomic E-state index is 6.00. The van der Waals surface area contributed by atoms with E-state index in [0.29, 0.717) is 0 Å². The van der Waals surface area contributed by atoms with Crippen LogP contribution in [0.1, 0.15) is 0 Å². The second-order valence-electron chi connectivity index (χ2n) is 2.57. The van der Waals surface area contributed by atoms with Crippen LogP contribution in [0.5, 0.6) is 0 Å². The first-order valence-corrected chi connectivity index (χ1v) is 4.92. The Labute approximate surface area is 85.0 Å². The van der Waals surface area contributed by atoms with E-state index in [9.17, 15) is 0 Å². The third-order valence-corrected chi connectivity index (χ3v) is 2.88. The van der Waals surface area contributed by atoms with Crippen molar-refractivity contribution in [2.24, 2.45) is 0 Å². The third-order valence-electron chi connectivity index (χ3n) is 1.70. The van der Waals surface area contributed by atoms with Crippen molar-refractivity contribution in [3.8, 4) is 11.1 Å². The van der Waals surface area contributed by atoms with E-state index in [1.165, 1.54) is 11.3 Å². The summed E-state index contributed by atoms with van der Waals surface area (Å²) in [5, 5.41) is 0.733. The lowest BCUT2D eigenvalue weighted by Gasteiger charge is -1.95. The molecule has 0 unspecified atom stereocenters. The smallest absolute Gasteiger partial charge is 0.103 e. The Morgan fingerprint density at radius 3 is 2.54 bits per heavy atom. The van der Waals surface area contributed by atoms with E-state index in [1.54, 1.807) is 12.4 Å². The van der Waals surface area contributed by atoms with Crippen molar-refractivity contribution in [2.45, 2.75) is 0 Å². The lowest BCUT2D eigenvalue weighted by Crippen LogP contribution is -1.76. The minimum absolute atomic E-state index is 0.726. The normalized spacial score (nSPS) is 10.2. The standard InChI is InChI=1S/C9H7ClN2S/c10-9-7(5-8(11)13-9)6-1-3-12-4-2-6/h1-5H,11H2. The highest BCUT2D eigenvalue weighted by Gasteiger charge is 2.06. The molecule has 0 amide bonds. The fraction of sp³-hybridized carbons (Fsp3) is 0. The molecule has 0 aromatic carbocycles. The Balaban J connectivity index is 2.53. The molecule has 0 saturated heterocycles. The van der Waals surface area contributed by atoms with Crippen molar-refractivity contribution in [2.75, 3.05) is 5.73 Å². The molecule has 0 radical (unpaired) electrons. The summed E-state index contributed by atoms with van der Waals surface area (Å²) in [7, 11) is 0. The average molecular weight is 211 g/mol.